The lowest BCUT2D eigenvalue weighted by Gasteiger charge is -2.34. The number of fused-ring (bicyclic) bond motifs is 4. The molecule has 7 heterocycles. The second kappa shape index (κ2) is 11.1. The van der Waals surface area contributed by atoms with Crippen molar-refractivity contribution in [3.05, 3.63) is 39.2 Å². The highest BCUT2D eigenvalue weighted by Crippen LogP contribution is 2.50. The number of phosphoric acid groups is 2. The van der Waals surface area contributed by atoms with Crippen molar-refractivity contribution in [2.75, 3.05) is 18.9 Å². The van der Waals surface area contributed by atoms with Crippen LogP contribution in [0.1, 0.15) is 18.3 Å². The van der Waals surface area contributed by atoms with Gasteiger partial charge in [-0.3, -0.25) is 32.8 Å². The molecule has 0 amide bonds. The number of nitrogens with zero attached hydrogens (tertiary/aromatic N) is 6. The van der Waals surface area contributed by atoms with Crippen molar-refractivity contribution >= 4 is 43.9 Å². The van der Waals surface area contributed by atoms with Gasteiger partial charge in [0.25, 0.3) is 26.8 Å². The summed E-state index contributed by atoms with van der Waals surface area (Å²) in [7, 11) is -10.7. The number of rotatable bonds is 2. The first-order valence-corrected chi connectivity index (χ1v) is 16.2. The van der Waals surface area contributed by atoms with Crippen LogP contribution in [0.3, 0.4) is 0 Å². The minimum atomic E-state index is -5.35. The molecule has 4 aromatic rings. The van der Waals surface area contributed by atoms with Crippen LogP contribution >= 0.6 is 15.6 Å². The van der Waals surface area contributed by atoms with Crippen LogP contribution in [0.4, 0.5) is 5.95 Å². The molecule has 10 atom stereocenters. The highest BCUT2D eigenvalue weighted by atomic mass is 31.2. The topological polar surface area (TPSA) is 329 Å². The quantitative estimate of drug-likeness (QED) is 0.127. The third-order valence-electron chi connectivity index (χ3n) is 7.46. The zero-order chi connectivity index (χ0) is 32.7. The molecule has 0 spiro atoms. The Kier molecular flexibility index (Phi) is 7.51. The summed E-state index contributed by atoms with van der Waals surface area (Å²) in [5.74, 6) is -0.0923. The number of nitrogens with two attached hydrogens (primary N) is 1. The van der Waals surface area contributed by atoms with E-state index in [1.807, 2.05) is 0 Å². The summed E-state index contributed by atoms with van der Waals surface area (Å²) in [4.78, 5) is 71.1. The summed E-state index contributed by atoms with van der Waals surface area (Å²) in [5, 5.41) is 22.2. The number of hydrogen-bond donors (Lipinski definition) is 5. The van der Waals surface area contributed by atoms with Crippen molar-refractivity contribution in [3.63, 3.8) is 0 Å². The Morgan fingerprint density at radius 2 is 1.30 bits per heavy atom. The van der Waals surface area contributed by atoms with Gasteiger partial charge in [-0.2, -0.15) is 4.98 Å². The molecule has 0 saturated carbocycles. The number of aliphatic hydroxyl groups excluding tert-OH is 2. The van der Waals surface area contributed by atoms with Gasteiger partial charge < -0.3 is 58.3 Å². The largest absolute Gasteiger partial charge is 0.756 e. The van der Waals surface area contributed by atoms with Crippen LogP contribution in [0, 0.1) is 6.92 Å². The Labute approximate surface area is 254 Å². The van der Waals surface area contributed by atoms with Crippen LogP contribution in [0.5, 0.6) is 0 Å². The van der Waals surface area contributed by atoms with E-state index in [-0.39, 0.29) is 34.1 Å². The zero-order valence-electron chi connectivity index (χ0n) is 23.1. The van der Waals surface area contributed by atoms with Crippen LogP contribution in [0.2, 0.25) is 0 Å². The lowest BCUT2D eigenvalue weighted by atomic mass is 10.1. The van der Waals surface area contributed by atoms with Gasteiger partial charge in [-0.1, -0.05) is 0 Å². The normalized spacial score (nSPS) is 37.2. The summed E-state index contributed by atoms with van der Waals surface area (Å²) >= 11 is 0. The first-order chi connectivity index (χ1) is 21.7. The van der Waals surface area contributed by atoms with Crippen LogP contribution in [-0.2, 0) is 36.7 Å². The number of hydrogen-bond acceptors (Lipinski definition) is 19. The third kappa shape index (κ3) is 5.39. The number of nitrogens with one attached hydrogen (secondary N) is 2. The van der Waals surface area contributed by atoms with Crippen molar-refractivity contribution in [1.29, 1.82) is 0 Å². The number of imidazole rings is 2. The average molecular weight is 687 g/mol. The maximum atomic E-state index is 13.0. The van der Waals surface area contributed by atoms with Gasteiger partial charge in [-0.15, -0.1) is 0 Å². The number of phosphoric ester groups is 2. The fourth-order valence-electron chi connectivity index (χ4n) is 5.47. The van der Waals surface area contributed by atoms with Crippen LogP contribution in [-0.4, -0.2) is 99.1 Å². The standard InChI is InChI=1S/C21H25N9O14P2/c1-6-25-15-9(17(33)26-6)23-4-29(15)19-11(31)13-7(41-19)2-39-46(37,38)44-14-8(3-40-45(35,36)43-13)42-20(12(14)32)30-5-24-10-16(30)27-21(22)28-18(10)34/h4-5,7-8,11-14,19-20,31-32H,2-3H2,1H3,(H,35,36)(H,37,38)(H,25,26,33)(H3,22,27,28,34)/p-2/t7-,8-,11+,12?,13?,14+,19-,20-/m1/s1. The summed E-state index contributed by atoms with van der Waals surface area (Å²) in [6.07, 6.45) is -11.2. The van der Waals surface area contributed by atoms with E-state index in [9.17, 15) is 38.7 Å². The van der Waals surface area contributed by atoms with Crippen LogP contribution in [0.25, 0.3) is 22.3 Å². The summed E-state index contributed by atoms with van der Waals surface area (Å²) in [5.41, 5.74) is 3.85. The molecule has 3 fully saturated rings. The fourth-order valence-corrected chi connectivity index (χ4v) is 7.37. The maximum Gasteiger partial charge on any atom is 0.280 e. The molecule has 3 aliphatic heterocycles. The molecule has 0 radical (unpaired) electrons. The summed E-state index contributed by atoms with van der Waals surface area (Å²) < 4.78 is 59.8. The molecule has 6 N–H and O–H groups in total. The predicted octanol–water partition coefficient (Wildman–Crippen LogP) is -3.59. The van der Waals surface area contributed by atoms with Crippen molar-refractivity contribution in [2.45, 2.75) is 56.0 Å². The summed E-state index contributed by atoms with van der Waals surface area (Å²) in [6.45, 7) is -0.388. The second-order valence-corrected chi connectivity index (χ2v) is 13.2. The molecule has 0 bridgehead atoms. The second-order valence-electron chi connectivity index (χ2n) is 10.5. The molecule has 4 unspecified atom stereocenters. The number of nitrogen functional groups attached to an aromatic ring is 1. The molecule has 23 nitrogen and oxygen atoms in total. The molecule has 3 saturated heterocycles. The van der Waals surface area contributed by atoms with Crippen molar-refractivity contribution < 1.29 is 56.7 Å². The first-order valence-electron chi connectivity index (χ1n) is 13.3. The van der Waals surface area contributed by atoms with Crippen molar-refractivity contribution in [2.24, 2.45) is 0 Å². The third-order valence-corrected chi connectivity index (χ3v) is 9.40. The molecule has 46 heavy (non-hydrogen) atoms. The van der Waals surface area contributed by atoms with Gasteiger partial charge in [0.2, 0.25) is 5.95 Å². The Morgan fingerprint density at radius 3 is 1.80 bits per heavy atom. The molecule has 25 heteroatoms. The molecule has 0 aromatic carbocycles. The molecular formula is C21H23N9O14P2-2. The number of aromatic amines is 2. The summed E-state index contributed by atoms with van der Waals surface area (Å²) in [6, 6.07) is 0. The number of aryl methyl sites for hydroxylation is 1. The SMILES string of the molecule is Cc1nc2c(ncn2[C@@H]2O[C@@H]3COP(=O)([O-])O[C@@H]4C(O)[C@H](n5cnc6c(=O)[nH]c(N)nc65)O[C@@H]4COP(=O)([O-])OC3[C@@H]2O)c(=O)[nH]1. The molecular weight excluding hydrogens is 664 g/mol. The van der Waals surface area contributed by atoms with Gasteiger partial charge in [0.15, 0.2) is 34.8 Å². The molecule has 4 aromatic heterocycles. The fraction of sp³-hybridized carbons (Fsp3) is 0.524. The van der Waals surface area contributed by atoms with Gasteiger partial charge in [0, 0.05) is 0 Å². The molecule has 3 aliphatic rings. The predicted molar refractivity (Wildman–Crippen MR) is 142 cm³/mol. The highest BCUT2D eigenvalue weighted by Gasteiger charge is 2.51. The average Bonchev–Trinajstić information content (AvgIpc) is 3.72. The lowest BCUT2D eigenvalue weighted by Crippen LogP contribution is -2.41. The van der Waals surface area contributed by atoms with Crippen LogP contribution in [0.15, 0.2) is 22.2 Å². The van der Waals surface area contributed by atoms with Crippen LogP contribution < -0.4 is 26.6 Å². The van der Waals surface area contributed by atoms with Gasteiger partial charge in [0.1, 0.15) is 42.4 Å². The Bertz CT molecular complexity index is 1900. The molecule has 7 rings (SSSR count). The van der Waals surface area contributed by atoms with Crippen molar-refractivity contribution in [3.8, 4) is 0 Å². The number of aromatic nitrogens is 8. The number of ether oxygens (including phenoxy) is 2. The van der Waals surface area contributed by atoms with Crippen molar-refractivity contribution in [1.82, 2.24) is 39.0 Å². The Morgan fingerprint density at radius 1 is 0.848 bits per heavy atom. The van der Waals surface area contributed by atoms with Gasteiger partial charge in [0.05, 0.1) is 25.9 Å². The Hall–Kier alpha value is -3.44. The maximum absolute atomic E-state index is 13.0. The number of H-pyrrole nitrogens is 2. The van der Waals surface area contributed by atoms with E-state index in [2.05, 4.69) is 29.9 Å². The van der Waals surface area contributed by atoms with E-state index < -0.39 is 89.1 Å². The smallest absolute Gasteiger partial charge is 0.280 e. The number of aliphatic hydroxyl groups is 2. The number of anilines is 1. The van der Waals surface area contributed by atoms with Gasteiger partial charge in [-0.05, 0) is 6.92 Å². The molecule has 248 valence electrons. The first kappa shape index (κ1) is 31.2. The monoisotopic (exact) mass is 687 g/mol. The van der Waals surface area contributed by atoms with E-state index in [4.69, 9.17) is 33.3 Å². The molecule has 0 aliphatic carbocycles. The lowest BCUT2D eigenvalue weighted by molar-refractivity contribution is -0.244. The van der Waals surface area contributed by atoms with E-state index >= 15 is 0 Å². The van der Waals surface area contributed by atoms with E-state index in [0.29, 0.717) is 0 Å². The van der Waals surface area contributed by atoms with E-state index in [1.165, 1.54) is 6.92 Å². The minimum absolute atomic E-state index is 0.0235. The van der Waals surface area contributed by atoms with E-state index in [0.717, 1.165) is 21.8 Å². The highest BCUT2D eigenvalue weighted by molar-refractivity contribution is 7.46. The Balaban J connectivity index is 1.18. The van der Waals surface area contributed by atoms with Gasteiger partial charge in [-0.25, -0.2) is 15.0 Å². The zero-order valence-corrected chi connectivity index (χ0v) is 24.9. The van der Waals surface area contributed by atoms with E-state index in [1.54, 1.807) is 0 Å². The minimum Gasteiger partial charge on any atom is -0.756 e. The van der Waals surface area contributed by atoms with Gasteiger partial charge >= 0.3 is 0 Å².